The molecule has 0 aromatic heterocycles. The molecule has 1 rings (SSSR count). The molecule has 0 heterocycles. The number of thiocarbonyl (C=S) groups is 1. The van der Waals surface area contributed by atoms with Gasteiger partial charge in [-0.2, -0.15) is 0 Å². The van der Waals surface area contributed by atoms with Crippen molar-refractivity contribution in [2.75, 3.05) is 6.61 Å². The Bertz CT molecular complexity index is 423. The number of nitrogens with two attached hydrogens (primary N) is 1. The van der Waals surface area contributed by atoms with E-state index in [2.05, 4.69) is 6.92 Å². The molecule has 0 saturated carbocycles. The first-order valence-corrected chi connectivity index (χ1v) is 7.72. The molecule has 20 heavy (non-hydrogen) atoms. The number of hydrogen-bond acceptors (Lipinski definition) is 2. The van der Waals surface area contributed by atoms with Crippen LogP contribution in [-0.2, 0) is 11.3 Å². The van der Waals surface area contributed by atoms with Crippen LogP contribution in [0.5, 0.6) is 0 Å². The Kier molecular flexibility index (Phi) is 8.38. The number of rotatable bonds is 10. The summed E-state index contributed by atoms with van der Waals surface area (Å²) < 4.78 is 18.8. The molecule has 0 spiro atoms. The summed E-state index contributed by atoms with van der Waals surface area (Å²) in [6.07, 6.45) is 7.35. The van der Waals surface area contributed by atoms with Gasteiger partial charge in [0.05, 0.1) is 6.61 Å². The maximum atomic E-state index is 13.2. The molecular formula is C16H24FNOS. The maximum Gasteiger partial charge on any atom is 0.123 e. The van der Waals surface area contributed by atoms with Gasteiger partial charge in [-0.1, -0.05) is 51.2 Å². The predicted molar refractivity (Wildman–Crippen MR) is 85.3 cm³/mol. The minimum absolute atomic E-state index is 0.281. The van der Waals surface area contributed by atoms with E-state index in [-0.39, 0.29) is 10.8 Å². The van der Waals surface area contributed by atoms with Gasteiger partial charge in [0.2, 0.25) is 0 Å². The first-order valence-electron chi connectivity index (χ1n) is 7.31. The first kappa shape index (κ1) is 17.1. The third kappa shape index (κ3) is 6.44. The predicted octanol–water partition coefficient (Wildman–Crippen LogP) is 4.34. The summed E-state index contributed by atoms with van der Waals surface area (Å²) in [5.41, 5.74) is 7.04. The molecule has 0 aliphatic carbocycles. The Labute approximate surface area is 126 Å². The molecule has 2 nitrogen and oxygen atoms in total. The van der Waals surface area contributed by atoms with E-state index in [4.69, 9.17) is 22.7 Å². The zero-order valence-corrected chi connectivity index (χ0v) is 13.0. The summed E-state index contributed by atoms with van der Waals surface area (Å²) in [6, 6.07) is 4.42. The SMILES string of the molecule is CCCCCCCCOCc1cc(F)ccc1C(N)=S. The van der Waals surface area contributed by atoms with Gasteiger partial charge in [0.1, 0.15) is 10.8 Å². The summed E-state index contributed by atoms with van der Waals surface area (Å²) in [5.74, 6) is -0.289. The fraction of sp³-hybridized carbons (Fsp3) is 0.562. The molecule has 0 amide bonds. The van der Waals surface area contributed by atoms with Crippen molar-refractivity contribution in [1.82, 2.24) is 0 Å². The van der Waals surface area contributed by atoms with E-state index in [9.17, 15) is 4.39 Å². The number of halogens is 1. The average molecular weight is 297 g/mol. The monoisotopic (exact) mass is 297 g/mol. The standard InChI is InChI=1S/C16H24FNOS/c1-2-3-4-5-6-7-10-19-12-13-11-14(17)8-9-15(13)16(18)20/h8-9,11H,2-7,10,12H2,1H3,(H2,18,20). The Morgan fingerprint density at radius 1 is 1.20 bits per heavy atom. The van der Waals surface area contributed by atoms with Crippen LogP contribution in [0.1, 0.15) is 56.6 Å². The molecule has 2 N–H and O–H groups in total. The summed E-state index contributed by atoms with van der Waals surface area (Å²) in [7, 11) is 0. The molecule has 4 heteroatoms. The van der Waals surface area contributed by atoms with Crippen molar-refractivity contribution >= 4 is 17.2 Å². The fourth-order valence-corrected chi connectivity index (χ4v) is 2.29. The van der Waals surface area contributed by atoms with Crippen LogP contribution in [0.25, 0.3) is 0 Å². The Hall–Kier alpha value is -1.00. The summed E-state index contributed by atoms with van der Waals surface area (Å²) >= 11 is 4.95. The molecule has 112 valence electrons. The highest BCUT2D eigenvalue weighted by Crippen LogP contribution is 2.13. The first-order chi connectivity index (χ1) is 9.65. The fourth-order valence-electron chi connectivity index (χ4n) is 2.09. The van der Waals surface area contributed by atoms with Crippen molar-refractivity contribution in [2.45, 2.75) is 52.1 Å². The molecule has 0 radical (unpaired) electrons. The van der Waals surface area contributed by atoms with Gasteiger partial charge in [0.25, 0.3) is 0 Å². The molecule has 0 saturated heterocycles. The second-order valence-electron chi connectivity index (χ2n) is 4.99. The van der Waals surface area contributed by atoms with E-state index in [1.54, 1.807) is 6.07 Å². The lowest BCUT2D eigenvalue weighted by Gasteiger charge is -2.09. The molecule has 0 unspecified atom stereocenters. The molecule has 0 bridgehead atoms. The Balaban J connectivity index is 2.28. The molecule has 1 aromatic rings. The molecule has 0 aliphatic heterocycles. The van der Waals surface area contributed by atoms with E-state index >= 15 is 0 Å². The average Bonchev–Trinajstić information content (AvgIpc) is 2.41. The van der Waals surface area contributed by atoms with Gasteiger partial charge in [0, 0.05) is 12.2 Å². The lowest BCUT2D eigenvalue weighted by Crippen LogP contribution is -2.13. The van der Waals surface area contributed by atoms with Crippen molar-refractivity contribution in [3.8, 4) is 0 Å². The van der Waals surface area contributed by atoms with Gasteiger partial charge >= 0.3 is 0 Å². The van der Waals surface area contributed by atoms with E-state index in [1.807, 2.05) is 0 Å². The van der Waals surface area contributed by atoms with Gasteiger partial charge in [-0.3, -0.25) is 0 Å². The number of hydrogen-bond donors (Lipinski definition) is 1. The zero-order chi connectivity index (χ0) is 14.8. The summed E-state index contributed by atoms with van der Waals surface area (Å²) in [4.78, 5) is 0.281. The topological polar surface area (TPSA) is 35.2 Å². The number of unbranched alkanes of at least 4 members (excludes halogenated alkanes) is 5. The molecule has 0 aliphatic rings. The maximum absolute atomic E-state index is 13.2. The van der Waals surface area contributed by atoms with Gasteiger partial charge < -0.3 is 10.5 Å². The molecule has 1 aromatic carbocycles. The van der Waals surface area contributed by atoms with Gasteiger partial charge in [-0.15, -0.1) is 0 Å². The van der Waals surface area contributed by atoms with Gasteiger partial charge in [0.15, 0.2) is 0 Å². The number of benzene rings is 1. The van der Waals surface area contributed by atoms with Crippen LogP contribution < -0.4 is 5.73 Å². The second kappa shape index (κ2) is 9.83. The highest BCUT2D eigenvalue weighted by atomic mass is 32.1. The smallest absolute Gasteiger partial charge is 0.123 e. The lowest BCUT2D eigenvalue weighted by molar-refractivity contribution is 0.116. The Morgan fingerprint density at radius 2 is 1.90 bits per heavy atom. The second-order valence-corrected chi connectivity index (χ2v) is 5.43. The molecular weight excluding hydrogens is 273 g/mol. The zero-order valence-electron chi connectivity index (χ0n) is 12.2. The van der Waals surface area contributed by atoms with E-state index in [1.165, 1.54) is 44.2 Å². The highest BCUT2D eigenvalue weighted by Gasteiger charge is 2.06. The molecule has 0 fully saturated rings. The lowest BCUT2D eigenvalue weighted by atomic mass is 10.1. The van der Waals surface area contributed by atoms with Crippen molar-refractivity contribution in [2.24, 2.45) is 5.73 Å². The van der Waals surface area contributed by atoms with Crippen molar-refractivity contribution in [1.29, 1.82) is 0 Å². The van der Waals surface area contributed by atoms with Gasteiger partial charge in [-0.25, -0.2) is 4.39 Å². The van der Waals surface area contributed by atoms with Crippen molar-refractivity contribution in [3.63, 3.8) is 0 Å². The summed E-state index contributed by atoms with van der Waals surface area (Å²) in [5, 5.41) is 0. The van der Waals surface area contributed by atoms with Crippen LogP contribution in [0.4, 0.5) is 4.39 Å². The minimum Gasteiger partial charge on any atom is -0.389 e. The van der Waals surface area contributed by atoms with E-state index in [0.29, 0.717) is 18.8 Å². The third-order valence-electron chi connectivity index (χ3n) is 3.23. The highest BCUT2D eigenvalue weighted by molar-refractivity contribution is 7.80. The summed E-state index contributed by atoms with van der Waals surface area (Å²) in [6.45, 7) is 3.26. The van der Waals surface area contributed by atoms with E-state index < -0.39 is 0 Å². The Morgan fingerprint density at radius 3 is 2.60 bits per heavy atom. The quantitative estimate of drug-likeness (QED) is 0.515. The van der Waals surface area contributed by atoms with Crippen LogP contribution in [0.15, 0.2) is 18.2 Å². The minimum atomic E-state index is -0.289. The third-order valence-corrected chi connectivity index (χ3v) is 3.45. The van der Waals surface area contributed by atoms with Crippen molar-refractivity contribution in [3.05, 3.63) is 35.1 Å². The normalized spacial score (nSPS) is 10.7. The molecule has 0 atom stereocenters. The van der Waals surface area contributed by atoms with Crippen LogP contribution in [0, 0.1) is 5.82 Å². The van der Waals surface area contributed by atoms with Gasteiger partial charge in [-0.05, 0) is 30.2 Å². The van der Waals surface area contributed by atoms with Crippen LogP contribution in [0.2, 0.25) is 0 Å². The van der Waals surface area contributed by atoms with Crippen LogP contribution >= 0.6 is 12.2 Å². The van der Waals surface area contributed by atoms with Crippen molar-refractivity contribution < 1.29 is 9.13 Å². The van der Waals surface area contributed by atoms with Crippen LogP contribution in [-0.4, -0.2) is 11.6 Å². The largest absolute Gasteiger partial charge is 0.389 e. The van der Waals surface area contributed by atoms with E-state index in [0.717, 1.165) is 12.0 Å². The van der Waals surface area contributed by atoms with Crippen LogP contribution in [0.3, 0.4) is 0 Å². The number of ether oxygens (including phenoxy) is 1.